The van der Waals surface area contributed by atoms with E-state index in [1.165, 1.54) is 94.6 Å². The van der Waals surface area contributed by atoms with Gasteiger partial charge in [-0.1, -0.05) is 108 Å². The van der Waals surface area contributed by atoms with Crippen molar-refractivity contribution in [2.45, 2.75) is 142 Å². The van der Waals surface area contributed by atoms with Crippen LogP contribution in [0.2, 0.25) is 0 Å². The molecule has 3 rings (SSSR count). The second-order valence-corrected chi connectivity index (χ2v) is 13.0. The quantitative estimate of drug-likeness (QED) is 0.205. The van der Waals surface area contributed by atoms with Crippen LogP contribution in [0.5, 0.6) is 0 Å². The molecular weight excluding hydrogens is 450 g/mol. The minimum atomic E-state index is 0.0690. The fourth-order valence-corrected chi connectivity index (χ4v) is 7.23. The molecule has 1 heterocycles. The van der Waals surface area contributed by atoms with Crippen molar-refractivity contribution in [2.75, 3.05) is 19.6 Å². The van der Waals surface area contributed by atoms with E-state index in [1.807, 2.05) is 0 Å². The van der Waals surface area contributed by atoms with E-state index in [2.05, 4.69) is 87.6 Å². The summed E-state index contributed by atoms with van der Waals surface area (Å²) >= 11 is 0. The summed E-state index contributed by atoms with van der Waals surface area (Å²) in [4.78, 5) is 0. The van der Waals surface area contributed by atoms with E-state index in [1.54, 1.807) is 5.57 Å². The Morgan fingerprint density at radius 2 is 1.46 bits per heavy atom. The van der Waals surface area contributed by atoms with Gasteiger partial charge < -0.3 is 5.32 Å². The minimum Gasteiger partial charge on any atom is -0.315 e. The molecule has 0 bridgehead atoms. The largest absolute Gasteiger partial charge is 0.315 e. The Bertz CT molecular complexity index is 824. The number of nitrogens with zero attached hydrogens (tertiary/aromatic N) is 1. The van der Waals surface area contributed by atoms with Gasteiger partial charge in [0, 0.05) is 36.0 Å². The van der Waals surface area contributed by atoms with Crippen LogP contribution in [0.3, 0.4) is 0 Å². The molecule has 2 aliphatic rings. The van der Waals surface area contributed by atoms with Gasteiger partial charge in [0.15, 0.2) is 0 Å². The number of nitrogens with one attached hydrogen (secondary N) is 2. The molecule has 0 amide bonds. The van der Waals surface area contributed by atoms with Crippen molar-refractivity contribution in [3.8, 4) is 0 Å². The first kappa shape index (κ1) is 30.4. The van der Waals surface area contributed by atoms with Crippen LogP contribution in [0.1, 0.15) is 142 Å². The van der Waals surface area contributed by atoms with E-state index >= 15 is 0 Å². The molecule has 2 atom stereocenters. The van der Waals surface area contributed by atoms with Crippen molar-refractivity contribution in [3.05, 3.63) is 41.0 Å². The zero-order chi connectivity index (χ0) is 26.7. The van der Waals surface area contributed by atoms with Gasteiger partial charge in [-0.3, -0.25) is 5.43 Å². The van der Waals surface area contributed by atoms with Crippen molar-refractivity contribution in [2.24, 2.45) is 5.92 Å². The molecule has 3 heteroatoms. The zero-order valence-corrected chi connectivity index (χ0v) is 25.3. The Morgan fingerprint density at radius 1 is 0.811 bits per heavy atom. The molecule has 0 aromatic heterocycles. The summed E-state index contributed by atoms with van der Waals surface area (Å²) < 4.78 is 0. The smallest absolute Gasteiger partial charge is 0.0369 e. The van der Waals surface area contributed by atoms with Crippen molar-refractivity contribution >= 4 is 6.08 Å². The molecule has 1 aromatic carbocycles. The van der Waals surface area contributed by atoms with Gasteiger partial charge in [-0.05, 0) is 71.0 Å². The molecule has 1 aliphatic carbocycles. The van der Waals surface area contributed by atoms with Crippen LogP contribution in [-0.4, -0.2) is 35.7 Å². The molecule has 3 nitrogen and oxygen atoms in total. The van der Waals surface area contributed by atoms with Crippen molar-refractivity contribution in [1.82, 2.24) is 15.8 Å². The maximum atomic E-state index is 3.89. The molecule has 2 N–H and O–H groups in total. The van der Waals surface area contributed by atoms with E-state index in [0.29, 0.717) is 11.8 Å². The summed E-state index contributed by atoms with van der Waals surface area (Å²) in [5.74, 6) is 1.15. The summed E-state index contributed by atoms with van der Waals surface area (Å²) in [6.45, 7) is 17.6. The SMILES string of the molecule is CCCCCCCCCCCCNCCNN1C(C)(C)CCC(C2=Cc3ccccc3C2CC)C1(C)C. The highest BCUT2D eigenvalue weighted by molar-refractivity contribution is 5.67. The fraction of sp³-hybridized carbons (Fsp3) is 0.765. The van der Waals surface area contributed by atoms with Gasteiger partial charge in [0.1, 0.15) is 0 Å². The van der Waals surface area contributed by atoms with Crippen molar-refractivity contribution in [3.63, 3.8) is 0 Å². The topological polar surface area (TPSA) is 27.3 Å². The van der Waals surface area contributed by atoms with Gasteiger partial charge in [0.25, 0.3) is 0 Å². The van der Waals surface area contributed by atoms with Gasteiger partial charge in [-0.2, -0.15) is 0 Å². The Kier molecular flexibility index (Phi) is 12.2. The molecule has 37 heavy (non-hydrogen) atoms. The molecule has 1 aromatic rings. The molecule has 210 valence electrons. The molecule has 1 aliphatic heterocycles. The highest BCUT2D eigenvalue weighted by atomic mass is 15.6. The minimum absolute atomic E-state index is 0.0690. The number of rotatable bonds is 17. The standard InChI is InChI=1S/C34H59N3/c1-7-9-10-11-12-13-14-15-16-19-24-35-25-26-36-37-33(3,4)23-22-32(34(37,5)6)31-27-28-20-17-18-21-30(28)29(31)8-2/h17-18,20-21,27,29,32,35-36H,7-16,19,22-26H2,1-6H3. The first-order valence-corrected chi connectivity index (χ1v) is 15.9. The lowest BCUT2D eigenvalue weighted by Gasteiger charge is -2.57. The Hall–Kier alpha value is -1.16. The van der Waals surface area contributed by atoms with Crippen LogP contribution in [-0.2, 0) is 0 Å². The number of hydrazine groups is 1. The van der Waals surface area contributed by atoms with E-state index in [-0.39, 0.29) is 11.1 Å². The van der Waals surface area contributed by atoms with Gasteiger partial charge in [-0.15, -0.1) is 0 Å². The summed E-state index contributed by atoms with van der Waals surface area (Å²) in [5, 5.41) is 6.32. The molecule has 0 spiro atoms. The maximum Gasteiger partial charge on any atom is 0.0369 e. The molecule has 1 fully saturated rings. The van der Waals surface area contributed by atoms with Gasteiger partial charge in [0.05, 0.1) is 0 Å². The normalized spacial score (nSPS) is 22.7. The third kappa shape index (κ3) is 8.16. The van der Waals surface area contributed by atoms with Crippen LogP contribution < -0.4 is 10.7 Å². The van der Waals surface area contributed by atoms with E-state index in [0.717, 1.165) is 19.6 Å². The van der Waals surface area contributed by atoms with Crippen molar-refractivity contribution in [1.29, 1.82) is 0 Å². The third-order valence-corrected chi connectivity index (χ3v) is 9.26. The first-order chi connectivity index (χ1) is 17.8. The van der Waals surface area contributed by atoms with Crippen LogP contribution in [0.25, 0.3) is 6.08 Å². The first-order valence-electron chi connectivity index (χ1n) is 15.9. The van der Waals surface area contributed by atoms with Gasteiger partial charge in [-0.25, -0.2) is 5.01 Å². The van der Waals surface area contributed by atoms with Crippen LogP contribution in [0.4, 0.5) is 0 Å². The average Bonchev–Trinajstić information content (AvgIpc) is 3.23. The zero-order valence-electron chi connectivity index (χ0n) is 25.3. The number of benzene rings is 1. The monoisotopic (exact) mass is 509 g/mol. The van der Waals surface area contributed by atoms with Crippen molar-refractivity contribution < 1.29 is 0 Å². The second kappa shape index (κ2) is 14.8. The Balaban J connectivity index is 1.40. The lowest BCUT2D eigenvalue weighted by molar-refractivity contribution is -0.0939. The Morgan fingerprint density at radius 3 is 2.14 bits per heavy atom. The number of unbranched alkanes of at least 4 members (excludes halogenated alkanes) is 9. The molecular formula is C34H59N3. The fourth-order valence-electron chi connectivity index (χ4n) is 7.23. The van der Waals surface area contributed by atoms with Gasteiger partial charge >= 0.3 is 0 Å². The highest BCUT2D eigenvalue weighted by Gasteiger charge is 2.49. The van der Waals surface area contributed by atoms with Crippen LogP contribution in [0.15, 0.2) is 29.8 Å². The lowest BCUT2D eigenvalue weighted by atomic mass is 9.68. The highest BCUT2D eigenvalue weighted by Crippen LogP contribution is 2.51. The number of hydrogen-bond donors (Lipinski definition) is 2. The van der Waals surface area contributed by atoms with Crippen LogP contribution in [0, 0.1) is 5.92 Å². The predicted molar refractivity (Wildman–Crippen MR) is 163 cm³/mol. The molecule has 1 saturated heterocycles. The number of piperidine rings is 1. The number of fused-ring (bicyclic) bond motifs is 1. The number of hydrogen-bond acceptors (Lipinski definition) is 3. The molecule has 0 radical (unpaired) electrons. The summed E-state index contributed by atoms with van der Waals surface area (Å²) in [6.07, 6.45) is 20.3. The van der Waals surface area contributed by atoms with Crippen LogP contribution >= 0.6 is 0 Å². The predicted octanol–water partition coefficient (Wildman–Crippen LogP) is 8.86. The maximum absolute atomic E-state index is 3.89. The van der Waals surface area contributed by atoms with E-state index < -0.39 is 0 Å². The summed E-state index contributed by atoms with van der Waals surface area (Å²) in [6, 6.07) is 9.06. The summed E-state index contributed by atoms with van der Waals surface area (Å²) in [5.41, 5.74) is 8.76. The molecule has 2 unspecified atom stereocenters. The lowest BCUT2D eigenvalue weighted by Crippen LogP contribution is -2.68. The van der Waals surface area contributed by atoms with Gasteiger partial charge in [0.2, 0.25) is 0 Å². The van der Waals surface area contributed by atoms with E-state index in [4.69, 9.17) is 0 Å². The molecule has 0 saturated carbocycles. The van der Waals surface area contributed by atoms with E-state index in [9.17, 15) is 0 Å². The average molecular weight is 510 g/mol. The second-order valence-electron chi connectivity index (χ2n) is 13.0. The summed E-state index contributed by atoms with van der Waals surface area (Å²) in [7, 11) is 0. The third-order valence-electron chi connectivity index (χ3n) is 9.26. The Labute approximate surface area is 230 Å².